The number of hydrogen-bond acceptors (Lipinski definition) is 5. The molecule has 0 bridgehead atoms. The number of amides is 1. The van der Waals surface area contributed by atoms with Gasteiger partial charge in [0.25, 0.3) is 0 Å². The summed E-state index contributed by atoms with van der Waals surface area (Å²) in [6.07, 6.45) is 1.46. The van der Waals surface area contributed by atoms with Gasteiger partial charge in [0.2, 0.25) is 5.91 Å². The van der Waals surface area contributed by atoms with Gasteiger partial charge in [0.1, 0.15) is 11.6 Å². The molecule has 29 heavy (non-hydrogen) atoms. The highest BCUT2D eigenvalue weighted by Crippen LogP contribution is 2.18. The fraction of sp³-hybridized carbons (Fsp3) is 0.474. The molecular formula is C19H28IN7O2. The Morgan fingerprint density at radius 2 is 2.14 bits per heavy atom. The molecule has 1 unspecified atom stereocenters. The van der Waals surface area contributed by atoms with Gasteiger partial charge in [-0.25, -0.2) is 4.98 Å². The van der Waals surface area contributed by atoms with Crippen molar-refractivity contribution in [1.82, 2.24) is 30.7 Å². The highest BCUT2D eigenvalue weighted by atomic mass is 127. The number of aromatic nitrogens is 3. The number of carbonyl (C=O) groups is 1. The quantitative estimate of drug-likeness (QED) is 0.309. The van der Waals surface area contributed by atoms with Crippen molar-refractivity contribution in [1.29, 1.82) is 0 Å². The first-order chi connectivity index (χ1) is 13.6. The molecule has 1 saturated heterocycles. The lowest BCUT2D eigenvalue weighted by molar-refractivity contribution is -0.129. The minimum absolute atomic E-state index is 0. The molecule has 3 rings (SSSR count). The first kappa shape index (κ1) is 22.9. The summed E-state index contributed by atoms with van der Waals surface area (Å²) in [7, 11) is 3.36. The topological polar surface area (TPSA) is 108 Å². The second-order valence-electron chi connectivity index (χ2n) is 6.58. The maximum atomic E-state index is 11.8. The summed E-state index contributed by atoms with van der Waals surface area (Å²) in [4.78, 5) is 22.5. The Morgan fingerprint density at radius 3 is 2.79 bits per heavy atom. The van der Waals surface area contributed by atoms with Crippen molar-refractivity contribution in [3.8, 4) is 17.1 Å². The third-order valence-electron chi connectivity index (χ3n) is 4.71. The number of H-pyrrole nitrogens is 1. The molecule has 158 valence electrons. The van der Waals surface area contributed by atoms with Crippen LogP contribution < -0.4 is 15.4 Å². The first-order valence-electron chi connectivity index (χ1n) is 9.43. The van der Waals surface area contributed by atoms with E-state index in [9.17, 15) is 4.79 Å². The molecule has 2 aromatic rings. The van der Waals surface area contributed by atoms with E-state index in [1.54, 1.807) is 14.2 Å². The second kappa shape index (κ2) is 11.0. The normalized spacial score (nSPS) is 16.3. The van der Waals surface area contributed by atoms with Crippen molar-refractivity contribution in [2.75, 3.05) is 27.2 Å². The molecule has 0 spiro atoms. The van der Waals surface area contributed by atoms with Gasteiger partial charge in [0, 0.05) is 38.2 Å². The lowest BCUT2D eigenvalue weighted by atomic mass is 10.2. The van der Waals surface area contributed by atoms with Crippen LogP contribution in [0.2, 0.25) is 0 Å². The Balaban J connectivity index is 0.00000300. The van der Waals surface area contributed by atoms with Gasteiger partial charge in [-0.3, -0.25) is 14.9 Å². The van der Waals surface area contributed by atoms with Crippen LogP contribution in [0.25, 0.3) is 11.4 Å². The number of likely N-dealkylation sites (tertiary alicyclic amines) is 1. The number of aromatic amines is 1. The number of rotatable bonds is 6. The SMILES string of the molecule is CCC(=O)N1CCC(NC(=NC)NCc2nc(-c3ccc(OC)cc3)n[nH]2)C1.I. The summed E-state index contributed by atoms with van der Waals surface area (Å²) >= 11 is 0. The number of carbonyl (C=O) groups excluding carboxylic acids is 1. The summed E-state index contributed by atoms with van der Waals surface area (Å²) in [5, 5.41) is 13.8. The van der Waals surface area contributed by atoms with E-state index >= 15 is 0 Å². The predicted octanol–water partition coefficient (Wildman–Crippen LogP) is 1.77. The van der Waals surface area contributed by atoms with E-state index in [0.29, 0.717) is 37.1 Å². The highest BCUT2D eigenvalue weighted by Gasteiger charge is 2.25. The van der Waals surface area contributed by atoms with Crippen LogP contribution >= 0.6 is 24.0 Å². The zero-order chi connectivity index (χ0) is 19.9. The van der Waals surface area contributed by atoms with Gasteiger partial charge in [0.15, 0.2) is 11.8 Å². The number of nitrogens with one attached hydrogen (secondary N) is 3. The third-order valence-corrected chi connectivity index (χ3v) is 4.71. The average Bonchev–Trinajstić information content (AvgIpc) is 3.40. The number of benzene rings is 1. The molecule has 1 aliphatic rings. The van der Waals surface area contributed by atoms with Crippen LogP contribution in [-0.4, -0.2) is 65.2 Å². The van der Waals surface area contributed by atoms with Crippen molar-refractivity contribution < 1.29 is 9.53 Å². The monoisotopic (exact) mass is 513 g/mol. The van der Waals surface area contributed by atoms with Crippen LogP contribution in [0.5, 0.6) is 5.75 Å². The molecule has 0 radical (unpaired) electrons. The summed E-state index contributed by atoms with van der Waals surface area (Å²) in [5.41, 5.74) is 0.914. The van der Waals surface area contributed by atoms with Crippen molar-refractivity contribution in [3.63, 3.8) is 0 Å². The number of aliphatic imine (C=N–C) groups is 1. The lowest BCUT2D eigenvalue weighted by Gasteiger charge is -2.18. The predicted molar refractivity (Wildman–Crippen MR) is 122 cm³/mol. The van der Waals surface area contributed by atoms with Crippen LogP contribution in [0.3, 0.4) is 0 Å². The van der Waals surface area contributed by atoms with Crippen LogP contribution in [0, 0.1) is 0 Å². The van der Waals surface area contributed by atoms with E-state index < -0.39 is 0 Å². The van der Waals surface area contributed by atoms with E-state index in [0.717, 1.165) is 24.3 Å². The number of methoxy groups -OCH3 is 1. The van der Waals surface area contributed by atoms with E-state index in [1.165, 1.54) is 0 Å². The van der Waals surface area contributed by atoms with Gasteiger partial charge in [-0.1, -0.05) is 6.92 Å². The number of halogens is 1. The molecular weight excluding hydrogens is 485 g/mol. The molecule has 1 aromatic carbocycles. The molecule has 1 aliphatic heterocycles. The third kappa shape index (κ3) is 6.05. The number of nitrogens with zero attached hydrogens (tertiary/aromatic N) is 4. The molecule has 0 aliphatic carbocycles. The standard InChI is InChI=1S/C19H27N7O2.HI/c1-4-17(27)26-10-9-14(12-26)22-19(20-2)21-11-16-23-18(25-24-16)13-5-7-15(28-3)8-6-13;/h5-8,14H,4,9-12H2,1-3H3,(H2,20,21,22)(H,23,24,25);1H. The van der Waals surface area contributed by atoms with E-state index in [1.807, 2.05) is 36.1 Å². The first-order valence-corrected chi connectivity index (χ1v) is 9.43. The minimum atomic E-state index is 0. The maximum absolute atomic E-state index is 11.8. The Kier molecular flexibility index (Phi) is 8.68. The Bertz CT molecular complexity index is 822. The van der Waals surface area contributed by atoms with Gasteiger partial charge in [-0.2, -0.15) is 5.10 Å². The van der Waals surface area contributed by atoms with Gasteiger partial charge >= 0.3 is 0 Å². The number of hydrogen-bond donors (Lipinski definition) is 3. The molecule has 1 fully saturated rings. The Labute approximate surface area is 187 Å². The second-order valence-corrected chi connectivity index (χ2v) is 6.58. The van der Waals surface area contributed by atoms with Crippen LogP contribution in [-0.2, 0) is 11.3 Å². The fourth-order valence-electron chi connectivity index (χ4n) is 3.13. The van der Waals surface area contributed by atoms with Gasteiger partial charge < -0.3 is 20.3 Å². The molecule has 0 saturated carbocycles. The largest absolute Gasteiger partial charge is 0.497 e. The molecule has 1 amide bonds. The summed E-state index contributed by atoms with van der Waals surface area (Å²) < 4.78 is 5.17. The van der Waals surface area contributed by atoms with Gasteiger partial charge in [-0.15, -0.1) is 24.0 Å². The molecule has 10 heteroatoms. The van der Waals surface area contributed by atoms with Crippen LogP contribution in [0.15, 0.2) is 29.3 Å². The zero-order valence-corrected chi connectivity index (χ0v) is 19.3. The molecule has 1 atom stereocenters. The van der Waals surface area contributed by atoms with Gasteiger partial charge in [-0.05, 0) is 30.7 Å². The van der Waals surface area contributed by atoms with E-state index in [2.05, 4.69) is 30.8 Å². The average molecular weight is 513 g/mol. The summed E-state index contributed by atoms with van der Waals surface area (Å²) in [6.45, 7) is 3.85. The summed E-state index contributed by atoms with van der Waals surface area (Å²) in [6, 6.07) is 7.80. The molecule has 3 N–H and O–H groups in total. The zero-order valence-electron chi connectivity index (χ0n) is 16.9. The molecule has 1 aromatic heterocycles. The minimum Gasteiger partial charge on any atom is -0.497 e. The van der Waals surface area contributed by atoms with Crippen molar-refractivity contribution in [2.45, 2.75) is 32.4 Å². The van der Waals surface area contributed by atoms with Crippen molar-refractivity contribution in [2.24, 2.45) is 4.99 Å². The fourth-order valence-corrected chi connectivity index (χ4v) is 3.13. The Morgan fingerprint density at radius 1 is 1.38 bits per heavy atom. The summed E-state index contributed by atoms with van der Waals surface area (Å²) in [5.74, 6) is 3.01. The van der Waals surface area contributed by atoms with Crippen molar-refractivity contribution in [3.05, 3.63) is 30.1 Å². The number of ether oxygens (including phenoxy) is 1. The molecule has 2 heterocycles. The Hall–Kier alpha value is -2.37. The lowest BCUT2D eigenvalue weighted by Crippen LogP contribution is -2.44. The van der Waals surface area contributed by atoms with Crippen LogP contribution in [0.4, 0.5) is 0 Å². The van der Waals surface area contributed by atoms with Crippen LogP contribution in [0.1, 0.15) is 25.6 Å². The van der Waals surface area contributed by atoms with E-state index in [4.69, 9.17) is 4.74 Å². The number of guanidine groups is 1. The highest BCUT2D eigenvalue weighted by molar-refractivity contribution is 14.0. The smallest absolute Gasteiger partial charge is 0.222 e. The van der Waals surface area contributed by atoms with Gasteiger partial charge in [0.05, 0.1) is 13.7 Å². The molecule has 9 nitrogen and oxygen atoms in total. The maximum Gasteiger partial charge on any atom is 0.222 e. The van der Waals surface area contributed by atoms with E-state index in [-0.39, 0.29) is 35.9 Å². The van der Waals surface area contributed by atoms with Crippen molar-refractivity contribution >= 4 is 35.8 Å².